The molecular formula is C10H20N2O2S2. The first-order chi connectivity index (χ1) is 7.62. The van der Waals surface area contributed by atoms with E-state index in [1.54, 1.807) is 11.4 Å². The minimum atomic E-state index is -3.07. The molecule has 0 spiro atoms. The lowest BCUT2D eigenvalue weighted by Crippen LogP contribution is -2.46. The molecule has 2 fully saturated rings. The smallest absolute Gasteiger partial charge is 0.217 e. The van der Waals surface area contributed by atoms with E-state index in [9.17, 15) is 8.42 Å². The lowest BCUT2D eigenvalue weighted by Gasteiger charge is -2.30. The first-order valence-corrected chi connectivity index (χ1v) is 8.53. The number of nitrogens with one attached hydrogen (secondary N) is 1. The molecule has 0 bridgehead atoms. The summed E-state index contributed by atoms with van der Waals surface area (Å²) in [4.78, 5) is 0. The Labute approximate surface area is 102 Å². The fourth-order valence-electron chi connectivity index (χ4n) is 2.35. The van der Waals surface area contributed by atoms with Gasteiger partial charge in [-0.15, -0.1) is 0 Å². The predicted molar refractivity (Wildman–Crippen MR) is 68.3 cm³/mol. The first-order valence-electron chi connectivity index (χ1n) is 5.87. The zero-order valence-electron chi connectivity index (χ0n) is 9.68. The number of piperidine rings is 1. The van der Waals surface area contributed by atoms with Gasteiger partial charge < -0.3 is 5.32 Å². The highest BCUT2D eigenvalue weighted by atomic mass is 32.2. The third-order valence-corrected chi connectivity index (χ3v) is 7.09. The van der Waals surface area contributed by atoms with Crippen LogP contribution in [0.15, 0.2) is 0 Å². The van der Waals surface area contributed by atoms with E-state index in [0.29, 0.717) is 0 Å². The molecule has 0 aromatic rings. The van der Waals surface area contributed by atoms with Crippen LogP contribution in [0.4, 0.5) is 0 Å². The number of rotatable bonds is 3. The number of thioether (sulfide) groups is 1. The summed E-state index contributed by atoms with van der Waals surface area (Å²) in [5.74, 6) is 2.05. The van der Waals surface area contributed by atoms with Gasteiger partial charge in [-0.2, -0.15) is 11.8 Å². The summed E-state index contributed by atoms with van der Waals surface area (Å²) in [6.45, 7) is 1.66. The van der Waals surface area contributed by atoms with Crippen LogP contribution in [0.25, 0.3) is 0 Å². The Balaban J connectivity index is 2.04. The van der Waals surface area contributed by atoms with Crippen molar-refractivity contribution in [1.82, 2.24) is 9.62 Å². The van der Waals surface area contributed by atoms with Crippen molar-refractivity contribution in [3.8, 4) is 0 Å². The summed E-state index contributed by atoms with van der Waals surface area (Å²) in [7, 11) is -1.31. The monoisotopic (exact) mass is 264 g/mol. The van der Waals surface area contributed by atoms with Crippen LogP contribution in [-0.2, 0) is 10.0 Å². The number of hydrogen-bond donors (Lipinski definition) is 1. The van der Waals surface area contributed by atoms with Crippen LogP contribution in [0.3, 0.4) is 0 Å². The van der Waals surface area contributed by atoms with Gasteiger partial charge in [0.2, 0.25) is 10.0 Å². The maximum Gasteiger partial charge on any atom is 0.217 e. The second kappa shape index (κ2) is 5.25. The van der Waals surface area contributed by atoms with Crippen molar-refractivity contribution in [3.63, 3.8) is 0 Å². The van der Waals surface area contributed by atoms with E-state index >= 15 is 0 Å². The Bertz CT molecular complexity index is 320. The van der Waals surface area contributed by atoms with Crippen molar-refractivity contribution in [2.45, 2.75) is 30.6 Å². The van der Waals surface area contributed by atoms with Gasteiger partial charge in [0.25, 0.3) is 0 Å². The van der Waals surface area contributed by atoms with Crippen molar-refractivity contribution in [2.24, 2.45) is 0 Å². The molecule has 0 aromatic heterocycles. The van der Waals surface area contributed by atoms with E-state index in [1.807, 2.05) is 11.8 Å². The van der Waals surface area contributed by atoms with Gasteiger partial charge in [0.05, 0.1) is 5.25 Å². The maximum absolute atomic E-state index is 12.4. The summed E-state index contributed by atoms with van der Waals surface area (Å²) >= 11 is 1.85. The third-order valence-electron chi connectivity index (χ3n) is 3.53. The Morgan fingerprint density at radius 1 is 1.25 bits per heavy atom. The van der Waals surface area contributed by atoms with Gasteiger partial charge in [0, 0.05) is 18.8 Å². The van der Waals surface area contributed by atoms with E-state index < -0.39 is 10.0 Å². The van der Waals surface area contributed by atoms with Gasteiger partial charge in [-0.1, -0.05) is 0 Å². The molecular weight excluding hydrogens is 244 g/mol. The lowest BCUT2D eigenvalue weighted by atomic mass is 10.2. The summed E-state index contributed by atoms with van der Waals surface area (Å²) in [6.07, 6.45) is 2.52. The second-order valence-electron chi connectivity index (χ2n) is 4.53. The molecule has 4 nitrogen and oxygen atoms in total. The van der Waals surface area contributed by atoms with Crippen LogP contribution in [0, 0.1) is 0 Å². The van der Waals surface area contributed by atoms with Crippen LogP contribution in [0.2, 0.25) is 0 Å². The highest BCUT2D eigenvalue weighted by Crippen LogP contribution is 2.26. The fourth-order valence-corrected chi connectivity index (χ4v) is 5.60. The molecule has 16 heavy (non-hydrogen) atoms. The highest BCUT2D eigenvalue weighted by molar-refractivity contribution is 7.99. The molecule has 0 amide bonds. The maximum atomic E-state index is 12.4. The van der Waals surface area contributed by atoms with Crippen molar-refractivity contribution in [3.05, 3.63) is 0 Å². The summed E-state index contributed by atoms with van der Waals surface area (Å²) in [5, 5.41) is 3.05. The van der Waals surface area contributed by atoms with Crippen LogP contribution in [0.5, 0.6) is 0 Å². The molecule has 94 valence electrons. The molecule has 2 aliphatic rings. The van der Waals surface area contributed by atoms with Crippen molar-refractivity contribution >= 4 is 21.8 Å². The summed E-state index contributed by atoms with van der Waals surface area (Å²) in [6, 6.07) is 0.227. The van der Waals surface area contributed by atoms with Crippen LogP contribution < -0.4 is 5.32 Å². The largest absolute Gasteiger partial charge is 0.317 e. The fraction of sp³-hybridized carbons (Fsp3) is 1.00. The topological polar surface area (TPSA) is 49.4 Å². The van der Waals surface area contributed by atoms with Gasteiger partial charge >= 0.3 is 0 Å². The molecule has 2 heterocycles. The Morgan fingerprint density at radius 3 is 2.50 bits per heavy atom. The Hall–Kier alpha value is 0.220. The van der Waals surface area contributed by atoms with Crippen LogP contribution >= 0.6 is 11.8 Å². The van der Waals surface area contributed by atoms with Gasteiger partial charge in [-0.25, -0.2) is 12.7 Å². The standard InChI is InChI=1S/C10H20N2O2S2/c1-12(9-4-7-15-8-9)16(13,14)10-2-5-11-6-3-10/h9-11H,2-8H2,1H3. The zero-order chi connectivity index (χ0) is 11.6. The number of nitrogens with zero attached hydrogens (tertiary/aromatic N) is 1. The summed E-state index contributed by atoms with van der Waals surface area (Å²) in [5.41, 5.74) is 0. The first kappa shape index (κ1) is 12.7. The van der Waals surface area contributed by atoms with E-state index in [1.165, 1.54) is 0 Å². The zero-order valence-corrected chi connectivity index (χ0v) is 11.3. The van der Waals surface area contributed by atoms with E-state index in [4.69, 9.17) is 0 Å². The second-order valence-corrected chi connectivity index (χ2v) is 7.95. The molecule has 6 heteroatoms. The van der Waals surface area contributed by atoms with Gasteiger partial charge in [0.1, 0.15) is 0 Å². The van der Waals surface area contributed by atoms with E-state index in [2.05, 4.69) is 5.32 Å². The highest BCUT2D eigenvalue weighted by Gasteiger charge is 2.35. The molecule has 2 rings (SSSR count). The molecule has 1 N–H and O–H groups in total. The summed E-state index contributed by atoms with van der Waals surface area (Å²) < 4.78 is 26.4. The molecule has 0 aromatic carbocycles. The van der Waals surface area contributed by atoms with Gasteiger partial charge in [-0.3, -0.25) is 0 Å². The molecule has 1 atom stereocenters. The predicted octanol–water partition coefficient (Wildman–Crippen LogP) is 0.505. The minimum Gasteiger partial charge on any atom is -0.317 e. The molecule has 0 radical (unpaired) electrons. The lowest BCUT2D eigenvalue weighted by molar-refractivity contribution is 0.377. The average Bonchev–Trinajstić information content (AvgIpc) is 2.82. The molecule has 0 aliphatic carbocycles. The van der Waals surface area contributed by atoms with Crippen LogP contribution in [-0.4, -0.2) is 55.7 Å². The Morgan fingerprint density at radius 2 is 1.94 bits per heavy atom. The van der Waals surface area contributed by atoms with E-state index in [0.717, 1.165) is 43.9 Å². The van der Waals surface area contributed by atoms with Crippen molar-refractivity contribution in [2.75, 3.05) is 31.6 Å². The SMILES string of the molecule is CN(C1CCSC1)S(=O)(=O)C1CCNCC1. The van der Waals surface area contributed by atoms with E-state index in [-0.39, 0.29) is 11.3 Å². The normalized spacial score (nSPS) is 28.8. The number of hydrogen-bond acceptors (Lipinski definition) is 4. The number of sulfonamides is 1. The Kier molecular flexibility index (Phi) is 4.15. The minimum absolute atomic E-state index is 0.163. The average molecular weight is 264 g/mol. The molecule has 2 aliphatic heterocycles. The molecule has 1 unspecified atom stereocenters. The third kappa shape index (κ3) is 2.55. The van der Waals surface area contributed by atoms with Gasteiger partial charge in [0.15, 0.2) is 0 Å². The quantitative estimate of drug-likeness (QED) is 0.807. The van der Waals surface area contributed by atoms with Crippen molar-refractivity contribution < 1.29 is 8.42 Å². The van der Waals surface area contributed by atoms with Gasteiger partial charge in [-0.05, 0) is 38.1 Å². The van der Waals surface area contributed by atoms with Crippen molar-refractivity contribution in [1.29, 1.82) is 0 Å². The van der Waals surface area contributed by atoms with Crippen LogP contribution in [0.1, 0.15) is 19.3 Å². The molecule has 0 saturated carbocycles. The molecule has 2 saturated heterocycles.